The van der Waals surface area contributed by atoms with Gasteiger partial charge in [0.2, 0.25) is 0 Å². The van der Waals surface area contributed by atoms with E-state index in [1.165, 1.54) is 43.3 Å². The minimum absolute atomic E-state index is 0.531. The zero-order valence-electron chi connectivity index (χ0n) is 14.7. The Balaban J connectivity index is 0.000000150. The van der Waals surface area contributed by atoms with Gasteiger partial charge in [-0.25, -0.2) is 0 Å². The van der Waals surface area contributed by atoms with Crippen LogP contribution in [-0.2, 0) is 11.9 Å². The van der Waals surface area contributed by atoms with Gasteiger partial charge in [0.15, 0.2) is 0 Å². The third-order valence-corrected chi connectivity index (χ3v) is 59.9. The standard InChI is InChI=1S/C14H15.C5H5.F6P.Fe/c1-14(2,13-10-6-7-11-13)12-8-4-3-5-9-12;1-2-4-5-3-1;1-7(2,3,4,5)6;/h3-11H,1-2H3;1-5H;;/q;;-1;. The van der Waals surface area contributed by atoms with Crippen molar-refractivity contribution in [2.45, 2.75) is 66.9 Å². The van der Waals surface area contributed by atoms with E-state index in [4.69, 9.17) is 0 Å². The molecule has 10 heterocycles. The molecule has 1 aromatic carbocycles. The fourth-order valence-electron chi connectivity index (χ4n) is 19.0. The summed E-state index contributed by atoms with van der Waals surface area (Å²) in [5.41, 5.74) is 2.23. The molecule has 0 nitrogen and oxygen atoms in total. The molecule has 27 heavy (non-hydrogen) atoms. The fourth-order valence-corrected chi connectivity index (χ4v) is 95.6. The second-order valence-electron chi connectivity index (χ2n) is 13.6. The summed E-state index contributed by atoms with van der Waals surface area (Å²) in [6.07, 6.45) is 0. The van der Waals surface area contributed by atoms with E-state index in [9.17, 15) is 25.2 Å². The fraction of sp³-hybridized carbons (Fsp3) is 0.684. The second-order valence-corrected chi connectivity index (χ2v) is 39.1. The van der Waals surface area contributed by atoms with E-state index in [-0.39, 0.29) is 0 Å². The first-order valence-electron chi connectivity index (χ1n) is 9.68. The van der Waals surface area contributed by atoms with Crippen molar-refractivity contribution in [3.63, 3.8) is 0 Å². The summed E-state index contributed by atoms with van der Waals surface area (Å²) in [5, 5.41) is 0. The van der Waals surface area contributed by atoms with Crippen LogP contribution in [0.25, 0.3) is 0 Å². The summed E-state index contributed by atoms with van der Waals surface area (Å²) in [5.74, 6) is 0. The molecule has 0 radical (unpaired) electrons. The predicted octanol–water partition coefficient (Wildman–Crippen LogP) is 9.11. The number of benzene rings is 1. The molecular weight excluding hydrogens is 429 g/mol. The Morgan fingerprint density at radius 1 is 0.741 bits per heavy atom. The SMILES string of the molecule is CC(C)(c1ccccc1)[C]12[CH]3[CH]4[CH]5[CH]1[Fe]45321678[CH]2[CH]1[CH]6[CH]7[CH]28.F[P-](F)(F)(F)(F)F. The Labute approximate surface area is 142 Å². The molecule has 11 rings (SSSR count). The first-order valence-corrected chi connectivity index (χ1v) is 18.0. The van der Waals surface area contributed by atoms with Gasteiger partial charge in [-0.15, -0.1) is 0 Å². The third kappa shape index (κ3) is 0.261. The van der Waals surface area contributed by atoms with Crippen molar-refractivity contribution in [1.29, 1.82) is 0 Å². The van der Waals surface area contributed by atoms with Crippen LogP contribution < -0.4 is 0 Å². The first kappa shape index (κ1) is 13.9. The molecule has 10 saturated heterocycles. The van der Waals surface area contributed by atoms with Crippen molar-refractivity contribution < 1.29 is 31.7 Å². The van der Waals surface area contributed by atoms with E-state index < -0.39 is 14.3 Å². The zero-order chi connectivity index (χ0) is 19.0. The van der Waals surface area contributed by atoms with E-state index >= 15 is 0 Å². The minimum atomic E-state index is -10.7. The van der Waals surface area contributed by atoms with Crippen molar-refractivity contribution in [3.8, 4) is 0 Å². The summed E-state index contributed by atoms with van der Waals surface area (Å²) in [6.45, 7) is 2.44. The summed E-state index contributed by atoms with van der Waals surface area (Å²) in [7, 11) is -10.7. The Hall–Kier alpha value is -0.251. The Morgan fingerprint density at radius 2 is 1.11 bits per heavy atom. The van der Waals surface area contributed by atoms with Crippen molar-refractivity contribution in [2.75, 3.05) is 0 Å². The van der Waals surface area contributed by atoms with Gasteiger partial charge in [0, 0.05) is 0 Å². The van der Waals surface area contributed by atoms with Gasteiger partial charge < -0.3 is 0 Å². The van der Waals surface area contributed by atoms with Gasteiger partial charge in [-0.1, -0.05) is 0 Å². The van der Waals surface area contributed by atoms with Gasteiger partial charge in [-0.05, 0) is 0 Å². The van der Waals surface area contributed by atoms with Gasteiger partial charge in [0.05, 0.1) is 0 Å². The molecule has 10 aliphatic heterocycles. The molecule has 0 N–H and O–H groups in total. The van der Waals surface area contributed by atoms with Crippen LogP contribution in [0.4, 0.5) is 25.2 Å². The number of rotatable bonds is 2. The van der Waals surface area contributed by atoms with Crippen LogP contribution in [0, 0.1) is 0 Å². The summed E-state index contributed by atoms with van der Waals surface area (Å²) in [4.78, 5) is 13.1. The van der Waals surface area contributed by atoms with Gasteiger partial charge in [-0.2, -0.15) is 0 Å². The number of halogens is 6. The van der Waals surface area contributed by atoms with E-state index in [0.29, 0.717) is 5.41 Å². The van der Waals surface area contributed by atoms with Crippen molar-refractivity contribution in [3.05, 3.63) is 35.9 Å². The second kappa shape index (κ2) is 1.38. The van der Waals surface area contributed by atoms with Crippen LogP contribution in [0.5, 0.6) is 0 Å². The monoisotopic (exact) mass is 449 g/mol. The third-order valence-electron chi connectivity index (χ3n) is 17.1. The van der Waals surface area contributed by atoms with Crippen LogP contribution in [0.3, 0.4) is 0 Å². The average molecular weight is 449 g/mol. The van der Waals surface area contributed by atoms with Crippen LogP contribution >= 0.6 is 7.81 Å². The molecule has 8 heteroatoms. The van der Waals surface area contributed by atoms with Crippen molar-refractivity contribution >= 4 is 7.81 Å². The molecule has 10 fully saturated rings. The first-order chi connectivity index (χ1) is 11.8. The molecule has 0 aromatic heterocycles. The Kier molecular flexibility index (Phi) is 0.711. The maximum absolute atomic E-state index is 10.7. The Morgan fingerprint density at radius 3 is 1.37 bits per heavy atom. The van der Waals surface area contributed by atoms with Crippen LogP contribution in [0.15, 0.2) is 30.3 Å². The molecule has 1 aromatic rings. The molecule has 0 aliphatic carbocycles. The molecule has 152 valence electrons. The Bertz CT molecular complexity index is 1330. The number of fused-ring (bicyclic) bond motifs is 10. The average Bonchev–Trinajstić information content (AvgIpc) is 3.44. The predicted molar refractivity (Wildman–Crippen MR) is 89.5 cm³/mol. The van der Waals surface area contributed by atoms with Crippen molar-refractivity contribution in [1.82, 2.24) is 0 Å². The van der Waals surface area contributed by atoms with E-state index in [0.717, 1.165) is 4.31 Å². The van der Waals surface area contributed by atoms with Gasteiger partial charge >= 0.3 is 142 Å². The molecular formula is C19H20F6FeP-. The number of hydrogen-bond acceptors (Lipinski definition) is 0. The summed E-state index contributed by atoms with van der Waals surface area (Å²) >= 11 is 0. The summed E-state index contributed by atoms with van der Waals surface area (Å²) in [6, 6.07) is 11.7. The summed E-state index contributed by atoms with van der Waals surface area (Å²) < 4.78 is 60.2. The molecule has 1 spiro atoms. The van der Waals surface area contributed by atoms with Gasteiger partial charge in [0.25, 0.3) is 0 Å². The molecule has 0 bridgehead atoms. The quantitative estimate of drug-likeness (QED) is 0.240. The molecule has 10 aliphatic rings. The van der Waals surface area contributed by atoms with Crippen LogP contribution in [0.2, 0.25) is 47.7 Å². The maximum atomic E-state index is 9.87. The van der Waals surface area contributed by atoms with Crippen LogP contribution in [0.1, 0.15) is 19.4 Å². The van der Waals surface area contributed by atoms with Gasteiger partial charge in [-0.3, -0.25) is 0 Å². The molecule has 0 amide bonds. The molecule has 4 atom stereocenters. The molecule has 0 saturated carbocycles. The van der Waals surface area contributed by atoms with E-state index in [1.54, 1.807) is 5.56 Å². The van der Waals surface area contributed by atoms with Gasteiger partial charge in [0.1, 0.15) is 0 Å². The van der Waals surface area contributed by atoms with Crippen molar-refractivity contribution in [2.24, 2.45) is 0 Å². The van der Waals surface area contributed by atoms with E-state index in [1.807, 2.05) is 0 Å². The normalized spacial score (nSPS) is 82.9. The van der Waals surface area contributed by atoms with Crippen LogP contribution in [-0.4, -0.2) is 0 Å². The zero-order valence-corrected chi connectivity index (χ0v) is 16.7. The topological polar surface area (TPSA) is 0 Å². The van der Waals surface area contributed by atoms with E-state index in [2.05, 4.69) is 44.2 Å². The molecule has 4 unspecified atom stereocenters. The number of hydrogen-bond donors (Lipinski definition) is 0.